The maximum Gasteiger partial charge on any atom is 0.118 e. The monoisotopic (exact) mass is 405 g/mol. The van der Waals surface area contributed by atoms with Gasteiger partial charge in [0.15, 0.2) is 0 Å². The van der Waals surface area contributed by atoms with E-state index in [1.54, 1.807) is 23.0 Å². The zero-order chi connectivity index (χ0) is 21.3. The van der Waals surface area contributed by atoms with Crippen LogP contribution in [0.15, 0.2) is 41.7 Å². The van der Waals surface area contributed by atoms with Gasteiger partial charge in [-0.15, -0.1) is 0 Å². The van der Waals surface area contributed by atoms with Gasteiger partial charge < -0.3 is 5.73 Å². The number of hydrogen-bond donors (Lipinski definition) is 2. The number of rotatable bonds is 6. The highest BCUT2D eigenvalue weighted by Gasteiger charge is 2.40. The van der Waals surface area contributed by atoms with Gasteiger partial charge in [0, 0.05) is 32.9 Å². The topological polar surface area (TPSA) is 96.2 Å². The molecule has 0 spiro atoms. The zero-order valence-corrected chi connectivity index (χ0v) is 18.0. The summed E-state index contributed by atoms with van der Waals surface area (Å²) in [6.07, 6.45) is 9.31. The van der Waals surface area contributed by atoms with Crippen LogP contribution in [0.1, 0.15) is 35.4 Å². The fourth-order valence-corrected chi connectivity index (χ4v) is 4.93. The Labute approximate surface area is 178 Å². The molecule has 2 fully saturated rings. The van der Waals surface area contributed by atoms with Crippen LogP contribution >= 0.6 is 0 Å². The average Bonchev–Trinajstić information content (AvgIpc) is 3.34. The maximum atomic E-state index is 8.27. The number of aryl methyl sites for hydroxylation is 3. The first-order valence-corrected chi connectivity index (χ1v) is 10.6. The molecule has 2 aromatic heterocycles. The third-order valence-electron chi connectivity index (χ3n) is 6.42. The summed E-state index contributed by atoms with van der Waals surface area (Å²) in [5.74, 6) is 1.88. The van der Waals surface area contributed by atoms with Gasteiger partial charge in [0.2, 0.25) is 0 Å². The minimum atomic E-state index is 0.288. The Morgan fingerprint density at radius 2 is 1.97 bits per heavy atom. The second kappa shape index (κ2) is 8.52. The molecule has 1 aliphatic heterocycles. The van der Waals surface area contributed by atoms with Crippen molar-refractivity contribution in [2.24, 2.45) is 29.6 Å². The zero-order valence-electron chi connectivity index (χ0n) is 18.0. The van der Waals surface area contributed by atoms with Crippen LogP contribution in [0.3, 0.4) is 0 Å². The second-order valence-corrected chi connectivity index (χ2v) is 8.71. The molecular weight excluding hydrogens is 374 g/mol. The first-order chi connectivity index (χ1) is 14.4. The van der Waals surface area contributed by atoms with Gasteiger partial charge in [-0.2, -0.15) is 5.10 Å². The minimum Gasteiger partial charge on any atom is -0.384 e. The van der Waals surface area contributed by atoms with Crippen molar-refractivity contribution in [3.8, 4) is 0 Å². The molecule has 0 bridgehead atoms. The summed E-state index contributed by atoms with van der Waals surface area (Å²) in [7, 11) is 1.85. The van der Waals surface area contributed by atoms with E-state index in [2.05, 4.69) is 28.0 Å². The van der Waals surface area contributed by atoms with Crippen LogP contribution in [0.25, 0.3) is 0 Å². The Morgan fingerprint density at radius 1 is 1.23 bits per heavy atom. The highest BCUT2D eigenvalue weighted by atomic mass is 15.3. The summed E-state index contributed by atoms with van der Waals surface area (Å²) < 4.78 is 1.71. The molecule has 0 radical (unpaired) electrons. The fourth-order valence-electron chi connectivity index (χ4n) is 4.93. The number of allylic oxidation sites excluding steroid dienone is 1. The van der Waals surface area contributed by atoms with Crippen molar-refractivity contribution in [1.29, 1.82) is 5.41 Å². The number of aromatic nitrogens is 3. The van der Waals surface area contributed by atoms with Gasteiger partial charge in [0.05, 0.1) is 29.3 Å². The predicted molar refractivity (Wildman–Crippen MR) is 120 cm³/mol. The normalized spacial score (nSPS) is 24.6. The van der Waals surface area contributed by atoms with Crippen LogP contribution in [0.2, 0.25) is 0 Å². The van der Waals surface area contributed by atoms with Crippen LogP contribution in [-0.4, -0.2) is 50.3 Å². The third-order valence-corrected chi connectivity index (χ3v) is 6.42. The number of fused-ring (bicyclic) bond motifs is 1. The van der Waals surface area contributed by atoms with Crippen molar-refractivity contribution in [2.75, 3.05) is 13.1 Å². The number of nitrogens with zero attached hydrogens (tertiary/aromatic N) is 5. The fraction of sp³-hybridized carbons (Fsp3) is 0.478. The Bertz CT molecular complexity index is 954. The molecule has 3 atom stereocenters. The highest BCUT2D eigenvalue weighted by Crippen LogP contribution is 2.40. The molecule has 30 heavy (non-hydrogen) atoms. The summed E-state index contributed by atoms with van der Waals surface area (Å²) >= 11 is 0. The molecule has 7 nitrogen and oxygen atoms in total. The molecule has 1 saturated heterocycles. The quantitative estimate of drug-likeness (QED) is 0.570. The van der Waals surface area contributed by atoms with Gasteiger partial charge in [-0.1, -0.05) is 6.07 Å². The molecule has 0 aromatic carbocycles. The SMILES string of the molecule is Cc1cccnc1CN1C[C@H]2CC(N=C(N)/C=C\C(=N)c3c(C)cnn3C)C[C@H]2C1. The number of likely N-dealkylation sites (tertiary alicyclic amines) is 1. The molecule has 4 rings (SSSR count). The minimum absolute atomic E-state index is 0.288. The lowest BCUT2D eigenvalue weighted by Crippen LogP contribution is -2.24. The average molecular weight is 406 g/mol. The van der Waals surface area contributed by atoms with E-state index in [0.717, 1.165) is 43.7 Å². The molecular formula is C23H31N7. The van der Waals surface area contributed by atoms with Gasteiger partial charge in [-0.3, -0.25) is 25.0 Å². The first-order valence-electron chi connectivity index (χ1n) is 10.6. The molecule has 1 unspecified atom stereocenters. The lowest BCUT2D eigenvalue weighted by Gasteiger charge is -2.18. The number of nitrogens with two attached hydrogens (primary N) is 1. The van der Waals surface area contributed by atoms with Crippen LogP contribution in [0.5, 0.6) is 0 Å². The Hall–Kier alpha value is -2.80. The maximum absolute atomic E-state index is 8.27. The second-order valence-electron chi connectivity index (χ2n) is 8.71. The summed E-state index contributed by atoms with van der Waals surface area (Å²) in [5.41, 5.74) is 10.8. The summed E-state index contributed by atoms with van der Waals surface area (Å²) in [4.78, 5) is 11.8. The van der Waals surface area contributed by atoms with Crippen molar-refractivity contribution in [1.82, 2.24) is 19.7 Å². The molecule has 7 heteroatoms. The van der Waals surface area contributed by atoms with Crippen molar-refractivity contribution in [3.63, 3.8) is 0 Å². The molecule has 1 aliphatic carbocycles. The third kappa shape index (κ3) is 4.36. The van der Waals surface area contributed by atoms with Crippen molar-refractivity contribution >= 4 is 11.5 Å². The number of aliphatic imine (C=N–C) groups is 1. The Morgan fingerprint density at radius 3 is 2.60 bits per heavy atom. The number of hydrogen-bond acceptors (Lipinski definition) is 5. The van der Waals surface area contributed by atoms with E-state index in [0.29, 0.717) is 23.4 Å². The van der Waals surface area contributed by atoms with Gasteiger partial charge in [0.25, 0.3) is 0 Å². The molecule has 158 valence electrons. The van der Waals surface area contributed by atoms with Crippen LogP contribution in [-0.2, 0) is 13.6 Å². The summed E-state index contributed by atoms with van der Waals surface area (Å²) in [6, 6.07) is 4.42. The van der Waals surface area contributed by atoms with E-state index in [1.807, 2.05) is 26.2 Å². The number of pyridine rings is 1. The number of amidine groups is 1. The van der Waals surface area contributed by atoms with Crippen molar-refractivity contribution in [3.05, 3.63) is 59.2 Å². The first kappa shape index (κ1) is 20.5. The van der Waals surface area contributed by atoms with E-state index in [4.69, 9.17) is 16.1 Å². The Balaban J connectivity index is 1.31. The molecule has 2 aliphatic rings. The lowest BCUT2D eigenvalue weighted by molar-refractivity contribution is 0.295. The van der Waals surface area contributed by atoms with E-state index >= 15 is 0 Å². The number of nitrogens with one attached hydrogen (secondary N) is 1. The molecule has 1 saturated carbocycles. The summed E-state index contributed by atoms with van der Waals surface area (Å²) in [6.45, 7) is 7.27. The van der Waals surface area contributed by atoms with E-state index < -0.39 is 0 Å². The van der Waals surface area contributed by atoms with Crippen LogP contribution < -0.4 is 5.73 Å². The predicted octanol–water partition coefficient (Wildman–Crippen LogP) is 2.62. The van der Waals surface area contributed by atoms with Crippen molar-refractivity contribution in [2.45, 2.75) is 39.3 Å². The van der Waals surface area contributed by atoms with Gasteiger partial charge in [-0.05, 0) is 67.9 Å². The van der Waals surface area contributed by atoms with E-state index in [9.17, 15) is 0 Å². The van der Waals surface area contributed by atoms with Crippen LogP contribution in [0.4, 0.5) is 0 Å². The highest BCUT2D eigenvalue weighted by molar-refractivity contribution is 6.09. The lowest BCUT2D eigenvalue weighted by atomic mass is 10.0. The molecule has 3 N–H and O–H groups in total. The molecule has 3 heterocycles. The van der Waals surface area contributed by atoms with E-state index in [-0.39, 0.29) is 6.04 Å². The standard InChI is InChI=1S/C23H31N7/c1-15-5-4-8-26-21(15)14-30-12-17-9-19(10-18(17)13-30)28-22(25)7-6-20(24)23-16(2)11-27-29(23)3/h4-8,11,17-19,24H,9-10,12-14H2,1-3H3,(H2,25,28)/b7-6-,24-20?/t17-,18+,19?. The largest absolute Gasteiger partial charge is 0.384 e. The van der Waals surface area contributed by atoms with Gasteiger partial charge in [0.1, 0.15) is 5.84 Å². The van der Waals surface area contributed by atoms with Crippen LogP contribution in [0, 0.1) is 31.1 Å². The van der Waals surface area contributed by atoms with E-state index in [1.165, 1.54) is 11.3 Å². The molecule has 2 aromatic rings. The van der Waals surface area contributed by atoms with Crippen molar-refractivity contribution < 1.29 is 0 Å². The molecule has 0 amide bonds. The smallest absolute Gasteiger partial charge is 0.118 e. The van der Waals surface area contributed by atoms with Gasteiger partial charge in [-0.25, -0.2) is 0 Å². The van der Waals surface area contributed by atoms with Gasteiger partial charge >= 0.3 is 0 Å². The Kier molecular flexibility index (Phi) is 5.81. The summed E-state index contributed by atoms with van der Waals surface area (Å²) in [5, 5.41) is 12.5.